The van der Waals surface area contributed by atoms with Gasteiger partial charge >= 0.3 is 0 Å². The number of nitrogens with zero attached hydrogens (tertiary/aromatic N) is 2. The normalized spacial score (nSPS) is 14.8. The van der Waals surface area contributed by atoms with E-state index in [0.29, 0.717) is 42.4 Å². The summed E-state index contributed by atoms with van der Waals surface area (Å²) in [6.45, 7) is 4.44. The highest BCUT2D eigenvalue weighted by Gasteiger charge is 2.25. The van der Waals surface area contributed by atoms with E-state index < -0.39 is 10.0 Å². The first-order valence-electron chi connectivity index (χ1n) is 11.4. The van der Waals surface area contributed by atoms with Crippen LogP contribution in [0.1, 0.15) is 50.6 Å². The Morgan fingerprint density at radius 1 is 1.03 bits per heavy atom. The van der Waals surface area contributed by atoms with Crippen molar-refractivity contribution in [1.82, 2.24) is 15.1 Å². The summed E-state index contributed by atoms with van der Waals surface area (Å²) in [6.07, 6.45) is 2.76. The smallest absolute Gasteiger partial charge is 0.253 e. The lowest BCUT2D eigenvalue weighted by Gasteiger charge is -2.32. The Morgan fingerprint density at radius 2 is 1.65 bits per heavy atom. The highest BCUT2D eigenvalue weighted by atomic mass is 32.2. The number of benzene rings is 2. The van der Waals surface area contributed by atoms with Crippen LogP contribution in [0.3, 0.4) is 0 Å². The van der Waals surface area contributed by atoms with Crippen LogP contribution < -0.4 is 10.0 Å². The topological polar surface area (TPSA) is 98.8 Å². The number of carbonyl (C=O) groups excluding carboxylic acids is 2. The van der Waals surface area contributed by atoms with E-state index in [1.807, 2.05) is 48.2 Å². The summed E-state index contributed by atoms with van der Waals surface area (Å²) in [4.78, 5) is 29.1. The fourth-order valence-corrected chi connectivity index (χ4v) is 4.68. The summed E-state index contributed by atoms with van der Waals surface area (Å²) in [5.74, 6) is 0.159. The Labute approximate surface area is 202 Å². The molecule has 1 aliphatic heterocycles. The van der Waals surface area contributed by atoms with Gasteiger partial charge in [-0.2, -0.15) is 0 Å². The molecule has 0 aromatic heterocycles. The van der Waals surface area contributed by atoms with Crippen molar-refractivity contribution in [2.24, 2.45) is 0 Å². The minimum absolute atomic E-state index is 0.0726. The summed E-state index contributed by atoms with van der Waals surface area (Å²) >= 11 is 0. The van der Waals surface area contributed by atoms with Crippen molar-refractivity contribution in [2.45, 2.75) is 25.7 Å². The molecule has 3 rings (SSSR count). The summed E-state index contributed by atoms with van der Waals surface area (Å²) in [6, 6.07) is 12.8. The minimum Gasteiger partial charge on any atom is -0.351 e. The van der Waals surface area contributed by atoms with Crippen LogP contribution in [-0.4, -0.2) is 76.6 Å². The van der Waals surface area contributed by atoms with E-state index in [1.165, 1.54) is 5.56 Å². The van der Waals surface area contributed by atoms with Crippen molar-refractivity contribution in [3.63, 3.8) is 0 Å². The zero-order valence-electron chi connectivity index (χ0n) is 20.3. The van der Waals surface area contributed by atoms with Gasteiger partial charge in [-0.05, 0) is 75.2 Å². The second kappa shape index (κ2) is 11.0. The number of aryl methyl sites for hydroxylation is 1. The third kappa shape index (κ3) is 7.04. The van der Waals surface area contributed by atoms with Gasteiger partial charge in [-0.1, -0.05) is 18.2 Å². The highest BCUT2D eigenvalue weighted by molar-refractivity contribution is 7.92. The Balaban J connectivity index is 1.57. The Hall–Kier alpha value is -2.91. The second-order valence-electron chi connectivity index (χ2n) is 9.15. The SMILES string of the molecule is Cc1ccc(C(=O)N2CCC(c3ccc(C(=O)NCCN(C)C)cc3)CC2)cc1NS(C)(=O)=O. The van der Waals surface area contributed by atoms with E-state index in [1.54, 1.807) is 25.1 Å². The Morgan fingerprint density at radius 3 is 2.24 bits per heavy atom. The third-order valence-corrected chi connectivity index (χ3v) is 6.64. The van der Waals surface area contributed by atoms with Crippen molar-refractivity contribution in [1.29, 1.82) is 0 Å². The molecule has 184 valence electrons. The minimum atomic E-state index is -3.42. The summed E-state index contributed by atoms with van der Waals surface area (Å²) in [7, 11) is 0.509. The van der Waals surface area contributed by atoms with Crippen molar-refractivity contribution in [2.75, 3.05) is 51.3 Å². The van der Waals surface area contributed by atoms with Crippen LogP contribution in [0.25, 0.3) is 0 Å². The number of amides is 2. The maximum Gasteiger partial charge on any atom is 0.253 e. The highest BCUT2D eigenvalue weighted by Crippen LogP contribution is 2.29. The molecular weight excluding hydrogens is 452 g/mol. The zero-order chi connectivity index (χ0) is 24.9. The van der Waals surface area contributed by atoms with E-state index in [4.69, 9.17) is 0 Å². The molecule has 2 aromatic rings. The Bertz CT molecular complexity index is 1120. The zero-order valence-corrected chi connectivity index (χ0v) is 21.1. The first-order valence-corrected chi connectivity index (χ1v) is 13.3. The lowest BCUT2D eigenvalue weighted by Crippen LogP contribution is -2.38. The number of anilines is 1. The van der Waals surface area contributed by atoms with Crippen molar-refractivity contribution in [3.8, 4) is 0 Å². The number of sulfonamides is 1. The molecule has 1 heterocycles. The van der Waals surface area contributed by atoms with Gasteiger partial charge in [-0.25, -0.2) is 8.42 Å². The van der Waals surface area contributed by atoms with Gasteiger partial charge in [0.15, 0.2) is 0 Å². The first-order chi connectivity index (χ1) is 16.0. The standard InChI is InChI=1S/C25H34N4O4S/c1-18-5-6-22(17-23(18)27-34(4,32)33)25(31)29-14-11-20(12-15-29)19-7-9-21(10-8-19)24(30)26-13-16-28(2)3/h5-10,17,20,27H,11-16H2,1-4H3,(H,26,30). The summed E-state index contributed by atoms with van der Waals surface area (Å²) in [5, 5.41) is 2.92. The van der Waals surface area contributed by atoms with Gasteiger partial charge in [0.2, 0.25) is 10.0 Å². The molecule has 0 aliphatic carbocycles. The molecule has 0 saturated carbocycles. The van der Waals surface area contributed by atoms with Crippen LogP contribution in [0.2, 0.25) is 0 Å². The maximum atomic E-state index is 13.0. The molecular formula is C25H34N4O4S. The van der Waals surface area contributed by atoms with Gasteiger partial charge in [0, 0.05) is 37.3 Å². The number of hydrogen-bond acceptors (Lipinski definition) is 5. The summed E-state index contributed by atoms with van der Waals surface area (Å²) < 4.78 is 25.7. The van der Waals surface area contributed by atoms with E-state index in [2.05, 4.69) is 10.0 Å². The molecule has 2 aromatic carbocycles. The van der Waals surface area contributed by atoms with Crippen LogP contribution in [-0.2, 0) is 10.0 Å². The molecule has 0 atom stereocenters. The quantitative estimate of drug-likeness (QED) is 0.598. The van der Waals surface area contributed by atoms with E-state index in [9.17, 15) is 18.0 Å². The maximum absolute atomic E-state index is 13.0. The van der Waals surface area contributed by atoms with Gasteiger partial charge in [0.05, 0.1) is 11.9 Å². The van der Waals surface area contributed by atoms with Gasteiger partial charge in [0.1, 0.15) is 0 Å². The lowest BCUT2D eigenvalue weighted by molar-refractivity contribution is 0.0712. The molecule has 1 aliphatic rings. The molecule has 1 saturated heterocycles. The van der Waals surface area contributed by atoms with Crippen molar-refractivity contribution >= 4 is 27.5 Å². The molecule has 0 bridgehead atoms. The second-order valence-corrected chi connectivity index (χ2v) is 10.9. The molecule has 2 N–H and O–H groups in total. The fraction of sp³-hybridized carbons (Fsp3) is 0.440. The molecule has 9 heteroatoms. The fourth-order valence-electron chi connectivity index (χ4n) is 4.06. The van der Waals surface area contributed by atoms with Crippen LogP contribution in [0.4, 0.5) is 5.69 Å². The number of piperidine rings is 1. The lowest BCUT2D eigenvalue weighted by atomic mass is 9.88. The number of carbonyl (C=O) groups is 2. The van der Waals surface area contributed by atoms with Gasteiger partial charge < -0.3 is 15.1 Å². The van der Waals surface area contributed by atoms with Gasteiger partial charge in [-0.3, -0.25) is 14.3 Å². The number of nitrogens with one attached hydrogen (secondary N) is 2. The molecule has 8 nitrogen and oxygen atoms in total. The van der Waals surface area contributed by atoms with Crippen LogP contribution in [0.5, 0.6) is 0 Å². The molecule has 34 heavy (non-hydrogen) atoms. The van der Waals surface area contributed by atoms with Crippen molar-refractivity contribution < 1.29 is 18.0 Å². The van der Waals surface area contributed by atoms with E-state index >= 15 is 0 Å². The predicted octanol–water partition coefficient (Wildman–Crippen LogP) is 2.68. The molecule has 0 spiro atoms. The number of hydrogen-bond donors (Lipinski definition) is 2. The predicted molar refractivity (Wildman–Crippen MR) is 135 cm³/mol. The molecule has 0 radical (unpaired) electrons. The van der Waals surface area contributed by atoms with Crippen LogP contribution in [0.15, 0.2) is 42.5 Å². The average Bonchev–Trinajstić information content (AvgIpc) is 2.79. The van der Waals surface area contributed by atoms with Crippen LogP contribution >= 0.6 is 0 Å². The average molecular weight is 487 g/mol. The molecule has 0 unspecified atom stereocenters. The summed E-state index contributed by atoms with van der Waals surface area (Å²) in [5.41, 5.74) is 3.48. The Kier molecular flexibility index (Phi) is 8.33. The molecule has 2 amide bonds. The largest absolute Gasteiger partial charge is 0.351 e. The number of likely N-dealkylation sites (N-methyl/N-ethyl adjacent to an activating group) is 1. The van der Waals surface area contributed by atoms with Crippen molar-refractivity contribution in [3.05, 3.63) is 64.7 Å². The molecule has 1 fully saturated rings. The number of likely N-dealkylation sites (tertiary alicyclic amines) is 1. The van der Waals surface area contributed by atoms with Gasteiger partial charge in [0.25, 0.3) is 11.8 Å². The van der Waals surface area contributed by atoms with Crippen LogP contribution in [0, 0.1) is 6.92 Å². The number of rotatable bonds is 8. The van der Waals surface area contributed by atoms with E-state index in [0.717, 1.165) is 31.2 Å². The first kappa shape index (κ1) is 25.7. The third-order valence-electron chi connectivity index (χ3n) is 6.05. The van der Waals surface area contributed by atoms with E-state index in [-0.39, 0.29) is 11.8 Å². The van der Waals surface area contributed by atoms with Gasteiger partial charge in [-0.15, -0.1) is 0 Å². The monoisotopic (exact) mass is 486 g/mol.